The van der Waals surface area contributed by atoms with Crippen molar-refractivity contribution in [3.05, 3.63) is 17.6 Å². The van der Waals surface area contributed by atoms with Crippen LogP contribution in [0.25, 0.3) is 0 Å². The fourth-order valence-corrected chi connectivity index (χ4v) is 1.45. The molecule has 0 bridgehead atoms. The predicted octanol–water partition coefficient (Wildman–Crippen LogP) is 3.08. The second kappa shape index (κ2) is 5.69. The molecule has 1 aromatic heterocycles. The van der Waals surface area contributed by atoms with E-state index in [9.17, 15) is 0 Å². The first-order chi connectivity index (χ1) is 7.13. The first-order valence-corrected chi connectivity index (χ1v) is 5.70. The van der Waals surface area contributed by atoms with Gasteiger partial charge in [-0.1, -0.05) is 19.8 Å². The molecule has 0 spiro atoms. The molecule has 0 aliphatic heterocycles. The number of aryl methyl sites for hydroxylation is 2. The van der Waals surface area contributed by atoms with Crippen LogP contribution in [0.2, 0.25) is 0 Å². The first kappa shape index (κ1) is 12.0. The molecule has 1 N–H and O–H groups in total. The highest BCUT2D eigenvalue weighted by molar-refractivity contribution is 5.34. The van der Waals surface area contributed by atoms with Gasteiger partial charge in [-0.15, -0.1) is 0 Å². The van der Waals surface area contributed by atoms with Crippen molar-refractivity contribution in [2.45, 2.75) is 53.0 Å². The second-order valence-electron chi connectivity index (χ2n) is 4.11. The third kappa shape index (κ3) is 3.86. The Labute approximate surface area is 92.3 Å². The van der Waals surface area contributed by atoms with E-state index < -0.39 is 0 Å². The zero-order valence-corrected chi connectivity index (χ0v) is 10.2. The van der Waals surface area contributed by atoms with E-state index in [1.54, 1.807) is 0 Å². The standard InChI is InChI=1S/C12H21N3/c1-5-6-7-9(2)14-12-8-13-10(3)11(4)15-12/h8-9H,5-7H2,1-4H3,(H,14,15). The lowest BCUT2D eigenvalue weighted by Gasteiger charge is -2.14. The summed E-state index contributed by atoms with van der Waals surface area (Å²) in [7, 11) is 0. The van der Waals surface area contributed by atoms with Crippen LogP contribution in [0, 0.1) is 13.8 Å². The van der Waals surface area contributed by atoms with Crippen molar-refractivity contribution >= 4 is 5.82 Å². The summed E-state index contributed by atoms with van der Waals surface area (Å²) in [5.41, 5.74) is 2.00. The molecule has 1 heterocycles. The van der Waals surface area contributed by atoms with E-state index in [0.717, 1.165) is 17.2 Å². The predicted molar refractivity (Wildman–Crippen MR) is 64.1 cm³/mol. The largest absolute Gasteiger partial charge is 0.366 e. The van der Waals surface area contributed by atoms with Gasteiger partial charge in [-0.25, -0.2) is 4.98 Å². The van der Waals surface area contributed by atoms with Gasteiger partial charge in [0.15, 0.2) is 0 Å². The quantitative estimate of drug-likeness (QED) is 0.806. The van der Waals surface area contributed by atoms with E-state index in [4.69, 9.17) is 0 Å². The molecule has 0 aliphatic carbocycles. The maximum Gasteiger partial charge on any atom is 0.145 e. The lowest BCUT2D eigenvalue weighted by atomic mass is 10.1. The van der Waals surface area contributed by atoms with Gasteiger partial charge in [0.2, 0.25) is 0 Å². The van der Waals surface area contributed by atoms with Crippen molar-refractivity contribution in [3.8, 4) is 0 Å². The molecule has 0 aromatic carbocycles. The van der Waals surface area contributed by atoms with Crippen molar-refractivity contribution in [1.29, 1.82) is 0 Å². The van der Waals surface area contributed by atoms with Crippen LogP contribution < -0.4 is 5.32 Å². The monoisotopic (exact) mass is 207 g/mol. The number of anilines is 1. The van der Waals surface area contributed by atoms with Crippen LogP contribution in [-0.2, 0) is 0 Å². The van der Waals surface area contributed by atoms with Gasteiger partial charge in [0.25, 0.3) is 0 Å². The van der Waals surface area contributed by atoms with Gasteiger partial charge >= 0.3 is 0 Å². The van der Waals surface area contributed by atoms with Crippen LogP contribution in [0.1, 0.15) is 44.5 Å². The molecule has 1 aromatic rings. The third-order valence-corrected chi connectivity index (χ3v) is 2.58. The van der Waals surface area contributed by atoms with Gasteiger partial charge in [-0.3, -0.25) is 4.98 Å². The highest BCUT2D eigenvalue weighted by atomic mass is 15.0. The Morgan fingerprint density at radius 1 is 1.33 bits per heavy atom. The van der Waals surface area contributed by atoms with E-state index in [1.165, 1.54) is 19.3 Å². The van der Waals surface area contributed by atoms with Gasteiger partial charge in [-0.05, 0) is 27.2 Å². The molecule has 1 rings (SSSR count). The molecule has 0 radical (unpaired) electrons. The minimum atomic E-state index is 0.473. The summed E-state index contributed by atoms with van der Waals surface area (Å²) in [6, 6.07) is 0.473. The Morgan fingerprint density at radius 3 is 2.67 bits per heavy atom. The zero-order chi connectivity index (χ0) is 11.3. The average Bonchev–Trinajstić information content (AvgIpc) is 2.20. The van der Waals surface area contributed by atoms with Crippen molar-refractivity contribution in [3.63, 3.8) is 0 Å². The summed E-state index contributed by atoms with van der Waals surface area (Å²) in [4.78, 5) is 8.73. The molecule has 3 heteroatoms. The van der Waals surface area contributed by atoms with Crippen molar-refractivity contribution in [1.82, 2.24) is 9.97 Å². The Hall–Kier alpha value is -1.12. The number of nitrogens with one attached hydrogen (secondary N) is 1. The van der Waals surface area contributed by atoms with Crippen LogP contribution >= 0.6 is 0 Å². The van der Waals surface area contributed by atoms with E-state index >= 15 is 0 Å². The van der Waals surface area contributed by atoms with Crippen LogP contribution in [0.3, 0.4) is 0 Å². The smallest absolute Gasteiger partial charge is 0.145 e. The number of rotatable bonds is 5. The second-order valence-corrected chi connectivity index (χ2v) is 4.11. The van der Waals surface area contributed by atoms with Crippen molar-refractivity contribution < 1.29 is 0 Å². The summed E-state index contributed by atoms with van der Waals surface area (Å²) in [5, 5.41) is 3.37. The lowest BCUT2D eigenvalue weighted by Crippen LogP contribution is -2.16. The summed E-state index contributed by atoms with van der Waals surface area (Å²) >= 11 is 0. The third-order valence-electron chi connectivity index (χ3n) is 2.58. The zero-order valence-electron chi connectivity index (χ0n) is 10.2. The van der Waals surface area contributed by atoms with E-state index in [0.29, 0.717) is 6.04 Å². The fraction of sp³-hybridized carbons (Fsp3) is 0.667. The van der Waals surface area contributed by atoms with E-state index in [2.05, 4.69) is 29.1 Å². The highest BCUT2D eigenvalue weighted by Crippen LogP contribution is 2.09. The Balaban J connectivity index is 2.53. The molecule has 0 aliphatic rings. The van der Waals surface area contributed by atoms with Crippen molar-refractivity contribution in [2.24, 2.45) is 0 Å². The number of nitrogens with zero attached hydrogens (tertiary/aromatic N) is 2. The Kier molecular flexibility index (Phi) is 4.53. The first-order valence-electron chi connectivity index (χ1n) is 5.70. The summed E-state index contributed by atoms with van der Waals surface area (Å²) in [5.74, 6) is 0.890. The van der Waals surface area contributed by atoms with Gasteiger partial charge in [0.1, 0.15) is 5.82 Å². The maximum absolute atomic E-state index is 4.45. The van der Waals surface area contributed by atoms with Crippen molar-refractivity contribution in [2.75, 3.05) is 5.32 Å². The molecule has 0 saturated carbocycles. The molecular formula is C12H21N3. The van der Waals surface area contributed by atoms with Crippen LogP contribution in [-0.4, -0.2) is 16.0 Å². The number of aromatic nitrogens is 2. The minimum Gasteiger partial charge on any atom is -0.366 e. The van der Waals surface area contributed by atoms with Gasteiger partial charge in [-0.2, -0.15) is 0 Å². The molecule has 0 fully saturated rings. The van der Waals surface area contributed by atoms with Gasteiger partial charge < -0.3 is 5.32 Å². The SMILES string of the molecule is CCCCC(C)Nc1cnc(C)c(C)n1. The molecule has 1 unspecified atom stereocenters. The van der Waals surface area contributed by atoms with Crippen LogP contribution in [0.15, 0.2) is 6.20 Å². The fourth-order valence-electron chi connectivity index (χ4n) is 1.45. The topological polar surface area (TPSA) is 37.8 Å². The molecule has 15 heavy (non-hydrogen) atoms. The van der Waals surface area contributed by atoms with Crippen LogP contribution in [0.4, 0.5) is 5.82 Å². The number of hydrogen-bond donors (Lipinski definition) is 1. The highest BCUT2D eigenvalue weighted by Gasteiger charge is 2.03. The van der Waals surface area contributed by atoms with E-state index in [1.807, 2.05) is 20.0 Å². The molecule has 0 amide bonds. The number of hydrogen-bond acceptors (Lipinski definition) is 3. The van der Waals surface area contributed by atoms with E-state index in [-0.39, 0.29) is 0 Å². The summed E-state index contributed by atoms with van der Waals surface area (Å²) in [6.45, 7) is 8.37. The van der Waals surface area contributed by atoms with Crippen LogP contribution in [0.5, 0.6) is 0 Å². The summed E-state index contributed by atoms with van der Waals surface area (Å²) in [6.07, 6.45) is 5.49. The summed E-state index contributed by atoms with van der Waals surface area (Å²) < 4.78 is 0. The number of unbranched alkanes of at least 4 members (excludes halogenated alkanes) is 1. The molecule has 3 nitrogen and oxygen atoms in total. The normalized spacial score (nSPS) is 12.5. The lowest BCUT2D eigenvalue weighted by molar-refractivity contribution is 0.642. The minimum absolute atomic E-state index is 0.473. The average molecular weight is 207 g/mol. The Morgan fingerprint density at radius 2 is 2.07 bits per heavy atom. The Bertz CT molecular complexity index is 310. The molecular weight excluding hydrogens is 186 g/mol. The maximum atomic E-state index is 4.45. The van der Waals surface area contributed by atoms with Gasteiger partial charge in [0, 0.05) is 6.04 Å². The molecule has 84 valence electrons. The molecule has 1 atom stereocenters. The molecule has 0 saturated heterocycles. The van der Waals surface area contributed by atoms with Gasteiger partial charge in [0.05, 0.1) is 17.6 Å².